The van der Waals surface area contributed by atoms with Crippen molar-refractivity contribution in [2.45, 2.75) is 6.42 Å². The second-order valence-corrected chi connectivity index (χ2v) is 2.90. The van der Waals surface area contributed by atoms with Gasteiger partial charge >= 0.3 is 17.9 Å². The van der Waals surface area contributed by atoms with E-state index in [1.54, 1.807) is 0 Å². The number of rotatable bonds is 1. The van der Waals surface area contributed by atoms with Gasteiger partial charge in [-0.2, -0.15) is 0 Å². The molecule has 1 heterocycles. The molecule has 0 aromatic carbocycles. The SMILES string of the molecule is O=C1/C=C\C(C(=O)O)CC(=O)OCCO1. The van der Waals surface area contributed by atoms with E-state index >= 15 is 0 Å². The number of hydrogen-bond donors (Lipinski definition) is 1. The molecule has 0 spiro atoms. The zero-order valence-corrected chi connectivity index (χ0v) is 7.84. The van der Waals surface area contributed by atoms with E-state index < -0.39 is 23.8 Å². The smallest absolute Gasteiger partial charge is 0.330 e. The Bertz CT molecular complexity index is 306. The molecule has 0 fully saturated rings. The van der Waals surface area contributed by atoms with Crippen molar-refractivity contribution in [2.75, 3.05) is 13.2 Å². The Labute approximate surface area is 85.5 Å². The summed E-state index contributed by atoms with van der Waals surface area (Å²) in [4.78, 5) is 32.6. The van der Waals surface area contributed by atoms with Crippen LogP contribution in [0.5, 0.6) is 0 Å². The van der Waals surface area contributed by atoms with Crippen molar-refractivity contribution < 1.29 is 29.0 Å². The predicted molar refractivity (Wildman–Crippen MR) is 46.8 cm³/mol. The summed E-state index contributed by atoms with van der Waals surface area (Å²) in [5.41, 5.74) is 0. The highest BCUT2D eigenvalue weighted by Crippen LogP contribution is 2.08. The lowest BCUT2D eigenvalue weighted by molar-refractivity contribution is -0.153. The predicted octanol–water partition coefficient (Wildman–Crippen LogP) is -0.267. The van der Waals surface area contributed by atoms with E-state index in [2.05, 4.69) is 9.47 Å². The molecule has 1 aliphatic rings. The highest BCUT2D eigenvalue weighted by atomic mass is 16.6. The van der Waals surface area contributed by atoms with Gasteiger partial charge in [-0.15, -0.1) is 0 Å². The molecule has 0 saturated heterocycles. The van der Waals surface area contributed by atoms with Crippen LogP contribution in [-0.2, 0) is 23.9 Å². The van der Waals surface area contributed by atoms with Gasteiger partial charge in [0.25, 0.3) is 0 Å². The number of aliphatic carboxylic acids is 1. The van der Waals surface area contributed by atoms with Crippen LogP contribution in [-0.4, -0.2) is 36.2 Å². The van der Waals surface area contributed by atoms with Gasteiger partial charge in [0.15, 0.2) is 0 Å². The van der Waals surface area contributed by atoms with Crippen molar-refractivity contribution in [3.63, 3.8) is 0 Å². The summed E-state index contributed by atoms with van der Waals surface area (Å²) in [6.07, 6.45) is 1.85. The van der Waals surface area contributed by atoms with Gasteiger partial charge in [0.2, 0.25) is 0 Å². The first-order chi connectivity index (χ1) is 7.09. The van der Waals surface area contributed by atoms with Gasteiger partial charge in [-0.1, -0.05) is 6.08 Å². The Morgan fingerprint density at radius 2 is 2.00 bits per heavy atom. The fourth-order valence-corrected chi connectivity index (χ4v) is 1.02. The summed E-state index contributed by atoms with van der Waals surface area (Å²) in [5, 5.41) is 8.71. The van der Waals surface area contributed by atoms with Crippen LogP contribution in [0.15, 0.2) is 12.2 Å². The summed E-state index contributed by atoms with van der Waals surface area (Å²) in [5.74, 6) is -3.50. The number of carboxylic acids is 1. The van der Waals surface area contributed by atoms with Crippen LogP contribution >= 0.6 is 0 Å². The largest absolute Gasteiger partial charge is 0.481 e. The molecule has 0 amide bonds. The molecule has 1 rings (SSSR count). The molecular formula is C9H10O6. The van der Waals surface area contributed by atoms with Crippen LogP contribution in [0.2, 0.25) is 0 Å². The van der Waals surface area contributed by atoms with E-state index in [-0.39, 0.29) is 19.6 Å². The van der Waals surface area contributed by atoms with Crippen molar-refractivity contribution in [2.24, 2.45) is 5.92 Å². The number of cyclic esters (lactones) is 2. The molecule has 6 nitrogen and oxygen atoms in total. The molecule has 15 heavy (non-hydrogen) atoms. The van der Waals surface area contributed by atoms with Gasteiger partial charge in [0.05, 0.1) is 12.3 Å². The standard InChI is InChI=1S/C9H10O6/c10-7-2-1-6(9(12)13)5-8(11)15-4-3-14-7/h1-2,6H,3-5H2,(H,12,13)/b2-1-. The third kappa shape index (κ3) is 3.80. The Hall–Kier alpha value is -1.85. The maximum Gasteiger partial charge on any atom is 0.330 e. The maximum absolute atomic E-state index is 11.0. The van der Waals surface area contributed by atoms with E-state index in [1.165, 1.54) is 0 Å². The number of carbonyl (C=O) groups excluding carboxylic acids is 2. The quantitative estimate of drug-likeness (QED) is 0.604. The second-order valence-electron chi connectivity index (χ2n) is 2.90. The molecule has 0 aromatic heterocycles. The summed E-state index contributed by atoms with van der Waals surface area (Å²) in [7, 11) is 0. The van der Waals surface area contributed by atoms with Crippen molar-refractivity contribution >= 4 is 17.9 Å². The van der Waals surface area contributed by atoms with Gasteiger partial charge in [-0.3, -0.25) is 9.59 Å². The molecule has 82 valence electrons. The molecule has 0 aromatic rings. The Balaban J connectivity index is 2.74. The number of carboxylic acid groups (broad SMARTS) is 1. The van der Waals surface area contributed by atoms with Crippen LogP contribution in [0.4, 0.5) is 0 Å². The zero-order chi connectivity index (χ0) is 11.3. The highest BCUT2D eigenvalue weighted by Gasteiger charge is 2.20. The number of esters is 2. The van der Waals surface area contributed by atoms with Gasteiger partial charge in [-0.05, 0) is 0 Å². The molecule has 0 aliphatic carbocycles. The van der Waals surface area contributed by atoms with Crippen molar-refractivity contribution in [1.29, 1.82) is 0 Å². The fourth-order valence-electron chi connectivity index (χ4n) is 1.02. The molecule has 6 heteroatoms. The van der Waals surface area contributed by atoms with Crippen molar-refractivity contribution in [1.82, 2.24) is 0 Å². The van der Waals surface area contributed by atoms with Crippen LogP contribution in [0.25, 0.3) is 0 Å². The molecule has 0 radical (unpaired) electrons. The summed E-state index contributed by atoms with van der Waals surface area (Å²) in [6.45, 7) is -0.0720. The van der Waals surface area contributed by atoms with E-state index in [0.29, 0.717) is 0 Å². The summed E-state index contributed by atoms with van der Waals surface area (Å²) in [6, 6.07) is 0. The topological polar surface area (TPSA) is 89.9 Å². The number of hydrogen-bond acceptors (Lipinski definition) is 5. The van der Waals surface area contributed by atoms with Gasteiger partial charge in [0, 0.05) is 6.08 Å². The van der Waals surface area contributed by atoms with Gasteiger partial charge in [-0.25, -0.2) is 4.79 Å². The number of carbonyl (C=O) groups is 3. The van der Waals surface area contributed by atoms with Crippen LogP contribution < -0.4 is 0 Å². The minimum absolute atomic E-state index is 0.0212. The van der Waals surface area contributed by atoms with Gasteiger partial charge < -0.3 is 14.6 Å². The third-order valence-electron chi connectivity index (χ3n) is 1.76. The molecule has 0 saturated carbocycles. The first-order valence-electron chi connectivity index (χ1n) is 4.33. The van der Waals surface area contributed by atoms with Gasteiger partial charge in [0.1, 0.15) is 13.2 Å². The lowest BCUT2D eigenvalue weighted by atomic mass is 10.1. The van der Waals surface area contributed by atoms with Crippen LogP contribution in [0.3, 0.4) is 0 Å². The average Bonchev–Trinajstić information content (AvgIpc) is 2.18. The monoisotopic (exact) mass is 214 g/mol. The molecule has 1 unspecified atom stereocenters. The van der Waals surface area contributed by atoms with E-state index in [0.717, 1.165) is 12.2 Å². The number of ether oxygens (including phenoxy) is 2. The Morgan fingerprint density at radius 3 is 2.67 bits per heavy atom. The molecular weight excluding hydrogens is 204 g/mol. The fraction of sp³-hybridized carbons (Fsp3) is 0.444. The molecule has 1 aliphatic heterocycles. The lowest BCUT2D eigenvalue weighted by Gasteiger charge is -2.10. The molecule has 1 N–H and O–H groups in total. The normalized spacial score (nSPS) is 24.9. The summed E-state index contributed by atoms with van der Waals surface area (Å²) < 4.78 is 9.23. The second kappa shape index (κ2) is 5.14. The van der Waals surface area contributed by atoms with Crippen molar-refractivity contribution in [3.8, 4) is 0 Å². The average molecular weight is 214 g/mol. The first kappa shape index (κ1) is 11.2. The van der Waals surface area contributed by atoms with Crippen LogP contribution in [0, 0.1) is 5.92 Å². The molecule has 1 atom stereocenters. The van der Waals surface area contributed by atoms with E-state index in [9.17, 15) is 14.4 Å². The Morgan fingerprint density at radius 1 is 1.33 bits per heavy atom. The zero-order valence-electron chi connectivity index (χ0n) is 7.84. The van der Waals surface area contributed by atoms with E-state index in [4.69, 9.17) is 5.11 Å². The third-order valence-corrected chi connectivity index (χ3v) is 1.76. The van der Waals surface area contributed by atoms with Crippen molar-refractivity contribution in [3.05, 3.63) is 12.2 Å². The maximum atomic E-state index is 11.0. The molecule has 0 bridgehead atoms. The summed E-state index contributed by atoms with van der Waals surface area (Å²) >= 11 is 0. The minimum atomic E-state index is -1.18. The highest BCUT2D eigenvalue weighted by molar-refractivity contribution is 5.85. The Kier molecular flexibility index (Phi) is 3.84. The van der Waals surface area contributed by atoms with Crippen LogP contribution in [0.1, 0.15) is 6.42 Å². The lowest BCUT2D eigenvalue weighted by Crippen LogP contribution is -2.21. The minimum Gasteiger partial charge on any atom is -0.481 e. The first-order valence-corrected chi connectivity index (χ1v) is 4.33. The van der Waals surface area contributed by atoms with E-state index in [1.807, 2.05) is 0 Å².